The molecule has 0 N–H and O–H groups in total. The Kier molecular flexibility index (Phi) is 9.64. The molecule has 176 valence electrons. The first kappa shape index (κ1) is 27.0. The molecule has 0 unspecified atom stereocenters. The summed E-state index contributed by atoms with van der Waals surface area (Å²) in [7, 11) is -10.7. The zero-order valence-electron chi connectivity index (χ0n) is 17.2. The van der Waals surface area contributed by atoms with Gasteiger partial charge in [0.2, 0.25) is 11.8 Å². The van der Waals surface area contributed by atoms with Gasteiger partial charge in [0, 0.05) is 42.2 Å². The molecule has 10 nitrogen and oxygen atoms in total. The van der Waals surface area contributed by atoms with Gasteiger partial charge in [0.25, 0.3) is 0 Å². The van der Waals surface area contributed by atoms with Gasteiger partial charge in [-0.3, -0.25) is 9.59 Å². The Morgan fingerprint density at radius 3 is 1.42 bits per heavy atom. The smallest absolute Gasteiger partial charge is 0.225 e. The molecule has 1 saturated heterocycles. The maximum Gasteiger partial charge on any atom is 0.225 e. The van der Waals surface area contributed by atoms with Crippen LogP contribution in [0.25, 0.3) is 0 Å². The van der Waals surface area contributed by atoms with E-state index in [0.717, 1.165) is 16.2 Å². The molecule has 13 heteroatoms. The summed E-state index contributed by atoms with van der Waals surface area (Å²) in [5.41, 5.74) is 0. The molecule has 0 aromatic heterocycles. The molecular weight excluding hydrogens is 468 g/mol. The van der Waals surface area contributed by atoms with Gasteiger partial charge in [-0.05, 0) is 12.3 Å². The molecule has 0 aromatic rings. The third-order valence-electron chi connectivity index (χ3n) is 4.78. The normalized spacial score (nSPS) is 16.0. The Balaban J connectivity index is 2.94. The second-order valence-corrected chi connectivity index (χ2v) is 13.3. The largest absolute Gasteiger partial charge is 0.324 e. The van der Waals surface area contributed by atoms with E-state index in [4.69, 9.17) is 0 Å². The van der Waals surface area contributed by atoms with E-state index in [2.05, 4.69) is 19.7 Å². The second kappa shape index (κ2) is 11.0. The topological polar surface area (TPSA) is 143 Å². The molecule has 1 aliphatic heterocycles. The van der Waals surface area contributed by atoms with Crippen LogP contribution in [-0.4, -0.2) is 83.9 Å². The second-order valence-electron chi connectivity index (χ2n) is 7.13. The fraction of sp³-hybridized carbons (Fsp3) is 0.556. The third-order valence-corrected chi connectivity index (χ3v) is 8.65. The van der Waals surface area contributed by atoms with Crippen LogP contribution in [0.1, 0.15) is 19.3 Å². The Bertz CT molecular complexity index is 968. The first-order chi connectivity index (χ1) is 14.2. The van der Waals surface area contributed by atoms with Crippen LogP contribution in [0.5, 0.6) is 0 Å². The number of sulfone groups is 3. The third kappa shape index (κ3) is 9.35. The van der Waals surface area contributed by atoms with E-state index in [9.17, 15) is 34.8 Å². The van der Waals surface area contributed by atoms with Crippen LogP contribution >= 0.6 is 0 Å². The summed E-state index contributed by atoms with van der Waals surface area (Å²) in [5.74, 6) is -2.51. The van der Waals surface area contributed by atoms with Crippen molar-refractivity contribution in [1.82, 2.24) is 9.80 Å². The molecular formula is C18H28N2O8S3. The van der Waals surface area contributed by atoms with Crippen molar-refractivity contribution in [3.63, 3.8) is 0 Å². The molecule has 1 aliphatic rings. The number of amides is 2. The summed E-state index contributed by atoms with van der Waals surface area (Å²) in [5, 5.41) is 2.35. The van der Waals surface area contributed by atoms with Crippen LogP contribution < -0.4 is 0 Å². The number of nitrogens with zero attached hydrogens (tertiary/aromatic N) is 2. The van der Waals surface area contributed by atoms with Gasteiger partial charge in [-0.25, -0.2) is 25.3 Å². The van der Waals surface area contributed by atoms with Crippen LogP contribution in [0, 0.1) is 5.92 Å². The van der Waals surface area contributed by atoms with E-state index in [1.165, 1.54) is 9.80 Å². The molecule has 31 heavy (non-hydrogen) atoms. The fourth-order valence-corrected chi connectivity index (χ4v) is 4.98. The van der Waals surface area contributed by atoms with Crippen molar-refractivity contribution < 1.29 is 34.8 Å². The number of rotatable bonds is 12. The molecule has 0 atom stereocenters. The lowest BCUT2D eigenvalue weighted by molar-refractivity contribution is -0.144. The van der Waals surface area contributed by atoms with E-state index >= 15 is 0 Å². The van der Waals surface area contributed by atoms with Crippen LogP contribution in [0.3, 0.4) is 0 Å². The molecule has 0 aromatic carbocycles. The fourth-order valence-electron chi connectivity index (χ4n) is 2.90. The van der Waals surface area contributed by atoms with Crippen LogP contribution in [-0.2, 0) is 39.1 Å². The number of hydrogen-bond donors (Lipinski definition) is 0. The predicted octanol–water partition coefficient (Wildman–Crippen LogP) is 0.0761. The molecule has 1 rings (SSSR count). The average molecular weight is 497 g/mol. The van der Waals surface area contributed by atoms with Gasteiger partial charge < -0.3 is 9.80 Å². The summed E-state index contributed by atoms with van der Waals surface area (Å²) in [6.45, 7) is 9.78. The maximum atomic E-state index is 12.5. The van der Waals surface area contributed by atoms with E-state index in [1.807, 2.05) is 0 Å². The molecule has 1 fully saturated rings. The van der Waals surface area contributed by atoms with Crippen LogP contribution in [0.4, 0.5) is 0 Å². The van der Waals surface area contributed by atoms with Gasteiger partial charge in [-0.2, -0.15) is 0 Å². The van der Waals surface area contributed by atoms with Gasteiger partial charge in [-0.1, -0.05) is 19.7 Å². The standard InChI is InChI=1S/C18H28N2O8S3/c1-4-29(23,24)10-7-16-13-19(17(21)8-11-30(25,26)5-2)15-20(14-16)18(22)9-12-31(27,28)6-3/h4-6,16H,1-3,7-15H2. The highest BCUT2D eigenvalue weighted by molar-refractivity contribution is 7.94. The molecule has 0 bridgehead atoms. The first-order valence-corrected chi connectivity index (χ1v) is 14.5. The van der Waals surface area contributed by atoms with E-state index in [0.29, 0.717) is 0 Å². The van der Waals surface area contributed by atoms with E-state index in [-0.39, 0.29) is 50.7 Å². The quantitative estimate of drug-likeness (QED) is 0.369. The number of carbonyl (C=O) groups is 2. The molecule has 1 heterocycles. The Hall–Kier alpha value is -1.99. The summed E-state index contributed by atoms with van der Waals surface area (Å²) < 4.78 is 69.8. The lowest BCUT2D eigenvalue weighted by atomic mass is 10.0. The zero-order chi connectivity index (χ0) is 23.9. The minimum Gasteiger partial charge on any atom is -0.324 e. The zero-order valence-corrected chi connectivity index (χ0v) is 19.6. The monoisotopic (exact) mass is 496 g/mol. The first-order valence-electron chi connectivity index (χ1n) is 9.35. The molecule has 0 radical (unpaired) electrons. The van der Waals surface area contributed by atoms with Crippen molar-refractivity contribution in [2.75, 3.05) is 37.0 Å². The highest BCUT2D eigenvalue weighted by atomic mass is 32.2. The van der Waals surface area contributed by atoms with Crippen molar-refractivity contribution in [3.05, 3.63) is 36.0 Å². The number of carbonyl (C=O) groups excluding carboxylic acids is 2. The SMILES string of the molecule is C=CS(=O)(=O)CCC(=O)N1CC(CCS(=O)(=O)C=C)CN(C(=O)CCS(=O)(=O)C=C)C1. The van der Waals surface area contributed by atoms with Gasteiger partial charge in [0.15, 0.2) is 29.5 Å². The van der Waals surface area contributed by atoms with Crippen molar-refractivity contribution in [3.8, 4) is 0 Å². The van der Waals surface area contributed by atoms with Crippen molar-refractivity contribution in [2.24, 2.45) is 5.92 Å². The summed E-state index contributed by atoms with van der Waals surface area (Å²) in [6.07, 6.45) is -0.490. The minimum atomic E-state index is -3.59. The molecule has 0 saturated carbocycles. The lowest BCUT2D eigenvalue weighted by Gasteiger charge is -2.40. The molecule has 0 aliphatic carbocycles. The van der Waals surface area contributed by atoms with Gasteiger partial charge in [-0.15, -0.1) is 0 Å². The maximum absolute atomic E-state index is 12.5. The summed E-state index contributed by atoms with van der Waals surface area (Å²) >= 11 is 0. The molecule has 0 spiro atoms. The van der Waals surface area contributed by atoms with Crippen LogP contribution in [0.2, 0.25) is 0 Å². The van der Waals surface area contributed by atoms with Crippen molar-refractivity contribution in [1.29, 1.82) is 0 Å². The molecule has 2 amide bonds. The highest BCUT2D eigenvalue weighted by Gasteiger charge is 2.32. The van der Waals surface area contributed by atoms with Gasteiger partial charge in [0.05, 0.1) is 23.9 Å². The van der Waals surface area contributed by atoms with E-state index in [1.54, 1.807) is 0 Å². The minimum absolute atomic E-state index is 0.134. The van der Waals surface area contributed by atoms with Crippen molar-refractivity contribution >= 4 is 41.3 Å². The lowest BCUT2D eigenvalue weighted by Crippen LogP contribution is -2.54. The van der Waals surface area contributed by atoms with Crippen molar-refractivity contribution in [2.45, 2.75) is 19.3 Å². The number of hydrogen-bond acceptors (Lipinski definition) is 8. The average Bonchev–Trinajstić information content (AvgIpc) is 2.74. The Labute approximate surface area is 184 Å². The Morgan fingerprint density at radius 1 is 0.710 bits per heavy atom. The summed E-state index contributed by atoms with van der Waals surface area (Å²) in [4.78, 5) is 27.7. The van der Waals surface area contributed by atoms with E-state index < -0.39 is 52.8 Å². The van der Waals surface area contributed by atoms with Gasteiger partial charge >= 0.3 is 0 Å². The van der Waals surface area contributed by atoms with Crippen LogP contribution in [0.15, 0.2) is 36.0 Å². The highest BCUT2D eigenvalue weighted by Crippen LogP contribution is 2.19. The predicted molar refractivity (Wildman–Crippen MR) is 118 cm³/mol. The Morgan fingerprint density at radius 2 is 1.06 bits per heavy atom. The van der Waals surface area contributed by atoms with Gasteiger partial charge in [0.1, 0.15) is 0 Å². The summed E-state index contributed by atoms with van der Waals surface area (Å²) in [6, 6.07) is 0.